The average Bonchev–Trinajstić information content (AvgIpc) is 2.90. The number of hydrogen-bond donors (Lipinski definition) is 1. The lowest BCUT2D eigenvalue weighted by molar-refractivity contribution is -0.127. The van der Waals surface area contributed by atoms with E-state index in [-0.39, 0.29) is 12.5 Å². The van der Waals surface area contributed by atoms with E-state index in [1.807, 2.05) is 29.2 Å². The Morgan fingerprint density at radius 3 is 2.47 bits per heavy atom. The first-order valence-corrected chi connectivity index (χ1v) is 6.88. The van der Waals surface area contributed by atoms with Gasteiger partial charge in [0.2, 0.25) is 5.91 Å². The Morgan fingerprint density at radius 2 is 1.88 bits per heavy atom. The Morgan fingerprint density at radius 1 is 1.24 bits per heavy atom. The molecule has 1 aliphatic heterocycles. The Kier molecular flexibility index (Phi) is 4.45. The van der Waals surface area contributed by atoms with Crippen LogP contribution in [0.2, 0.25) is 0 Å². The van der Waals surface area contributed by atoms with Crippen LogP contribution in [0.1, 0.15) is 18.4 Å². The molecule has 0 bridgehead atoms. The molecule has 1 fully saturated rings. The van der Waals surface area contributed by atoms with Crippen molar-refractivity contribution < 1.29 is 9.90 Å². The van der Waals surface area contributed by atoms with Gasteiger partial charge in [0.1, 0.15) is 0 Å². The Bertz CT molecular complexity index is 372. The van der Waals surface area contributed by atoms with Crippen molar-refractivity contribution in [1.82, 2.24) is 4.90 Å². The third-order valence-electron chi connectivity index (χ3n) is 2.93. The fourth-order valence-corrected chi connectivity index (χ4v) is 2.70. The number of thioether (sulfide) groups is 1. The molecule has 1 saturated heterocycles. The first kappa shape index (κ1) is 12.5. The molecule has 0 spiro atoms. The van der Waals surface area contributed by atoms with Crippen LogP contribution in [0.25, 0.3) is 0 Å². The maximum absolute atomic E-state index is 11.8. The molecule has 1 aliphatic rings. The van der Waals surface area contributed by atoms with E-state index in [2.05, 4.69) is 0 Å². The van der Waals surface area contributed by atoms with Crippen molar-refractivity contribution in [3.63, 3.8) is 0 Å². The lowest BCUT2D eigenvalue weighted by Crippen LogP contribution is -2.29. The molecule has 2 rings (SSSR count). The lowest BCUT2D eigenvalue weighted by Gasteiger charge is -2.14. The predicted octanol–water partition coefficient (Wildman–Crippen LogP) is 1.89. The van der Waals surface area contributed by atoms with E-state index in [0.29, 0.717) is 5.75 Å². The van der Waals surface area contributed by atoms with Crippen LogP contribution in [0, 0.1) is 0 Å². The van der Waals surface area contributed by atoms with Crippen molar-refractivity contribution >= 4 is 17.7 Å². The van der Waals surface area contributed by atoms with Gasteiger partial charge in [-0.2, -0.15) is 0 Å². The summed E-state index contributed by atoms with van der Waals surface area (Å²) >= 11 is 1.56. The first-order valence-electron chi connectivity index (χ1n) is 5.90. The Balaban J connectivity index is 1.82. The summed E-state index contributed by atoms with van der Waals surface area (Å²) in [6.45, 7) is 1.91. The minimum absolute atomic E-state index is 0.0671. The topological polar surface area (TPSA) is 40.5 Å². The van der Waals surface area contributed by atoms with Gasteiger partial charge in [0.05, 0.1) is 12.4 Å². The molecule has 0 radical (unpaired) electrons. The van der Waals surface area contributed by atoms with Gasteiger partial charge in [-0.3, -0.25) is 4.79 Å². The summed E-state index contributed by atoms with van der Waals surface area (Å²) < 4.78 is 0. The summed E-state index contributed by atoms with van der Waals surface area (Å²) in [7, 11) is 0. The number of amides is 1. The maximum Gasteiger partial charge on any atom is 0.232 e. The van der Waals surface area contributed by atoms with Crippen molar-refractivity contribution in [3.8, 4) is 0 Å². The molecule has 4 heteroatoms. The predicted molar refractivity (Wildman–Crippen MR) is 68.9 cm³/mol. The zero-order valence-corrected chi connectivity index (χ0v) is 10.6. The number of carbonyl (C=O) groups is 1. The zero-order chi connectivity index (χ0) is 12.1. The summed E-state index contributed by atoms with van der Waals surface area (Å²) in [6.07, 6.45) is 2.28. The van der Waals surface area contributed by atoms with E-state index in [0.717, 1.165) is 36.4 Å². The molecule has 0 aromatic heterocycles. The maximum atomic E-state index is 11.8. The summed E-state index contributed by atoms with van der Waals surface area (Å²) in [5.74, 6) is 0.747. The van der Waals surface area contributed by atoms with E-state index in [1.54, 1.807) is 11.8 Å². The van der Waals surface area contributed by atoms with Crippen LogP contribution in [-0.4, -0.2) is 34.8 Å². The molecule has 1 N–H and O–H groups in total. The van der Waals surface area contributed by atoms with Gasteiger partial charge in [-0.1, -0.05) is 12.1 Å². The smallest absolute Gasteiger partial charge is 0.232 e. The van der Waals surface area contributed by atoms with E-state index in [1.165, 1.54) is 0 Å². The molecule has 1 aromatic carbocycles. The molecule has 0 unspecified atom stereocenters. The van der Waals surface area contributed by atoms with Crippen LogP contribution < -0.4 is 0 Å². The molecule has 1 amide bonds. The van der Waals surface area contributed by atoms with E-state index >= 15 is 0 Å². The first-order chi connectivity index (χ1) is 8.29. The summed E-state index contributed by atoms with van der Waals surface area (Å²) in [6, 6.07) is 7.69. The van der Waals surface area contributed by atoms with Crippen molar-refractivity contribution in [2.45, 2.75) is 24.3 Å². The number of carbonyl (C=O) groups excluding carboxylic acids is 1. The molecule has 0 atom stereocenters. The zero-order valence-electron chi connectivity index (χ0n) is 9.76. The molecule has 3 nitrogen and oxygen atoms in total. The molecular formula is C13H17NO2S. The molecular weight excluding hydrogens is 234 g/mol. The van der Waals surface area contributed by atoms with Crippen LogP contribution in [0.4, 0.5) is 0 Å². The van der Waals surface area contributed by atoms with Gasteiger partial charge < -0.3 is 10.0 Å². The van der Waals surface area contributed by atoms with Gasteiger partial charge in [-0.15, -0.1) is 11.8 Å². The van der Waals surface area contributed by atoms with Crippen molar-refractivity contribution in [1.29, 1.82) is 0 Å². The van der Waals surface area contributed by atoms with E-state index < -0.39 is 0 Å². The molecule has 1 heterocycles. The minimum Gasteiger partial charge on any atom is -0.392 e. The van der Waals surface area contributed by atoms with Crippen molar-refractivity contribution in [2.24, 2.45) is 0 Å². The van der Waals surface area contributed by atoms with Gasteiger partial charge in [-0.05, 0) is 30.5 Å². The quantitative estimate of drug-likeness (QED) is 0.831. The second-order valence-electron chi connectivity index (χ2n) is 4.18. The minimum atomic E-state index is 0.0671. The average molecular weight is 251 g/mol. The van der Waals surface area contributed by atoms with E-state index in [4.69, 9.17) is 5.11 Å². The highest BCUT2D eigenvalue weighted by Gasteiger charge is 2.17. The Hall–Kier alpha value is -1.00. The molecule has 0 aliphatic carbocycles. The SMILES string of the molecule is O=C(CSc1ccc(CO)cc1)N1CCCC1. The van der Waals surface area contributed by atoms with Crippen molar-refractivity contribution in [3.05, 3.63) is 29.8 Å². The fourth-order valence-electron chi connectivity index (χ4n) is 1.89. The number of aliphatic hydroxyl groups is 1. The third kappa shape index (κ3) is 3.48. The van der Waals surface area contributed by atoms with Gasteiger partial charge >= 0.3 is 0 Å². The van der Waals surface area contributed by atoms with Crippen LogP contribution >= 0.6 is 11.8 Å². The number of benzene rings is 1. The van der Waals surface area contributed by atoms with Gasteiger partial charge in [0.25, 0.3) is 0 Å². The molecule has 0 saturated carbocycles. The standard InChI is InChI=1S/C13H17NO2S/c15-9-11-3-5-12(6-4-11)17-10-13(16)14-7-1-2-8-14/h3-6,15H,1-2,7-10H2. The number of rotatable bonds is 4. The summed E-state index contributed by atoms with van der Waals surface area (Å²) in [5.41, 5.74) is 0.903. The van der Waals surface area contributed by atoms with Crippen LogP contribution in [0.5, 0.6) is 0 Å². The highest BCUT2D eigenvalue weighted by Crippen LogP contribution is 2.20. The second-order valence-corrected chi connectivity index (χ2v) is 5.23. The molecule has 1 aromatic rings. The largest absolute Gasteiger partial charge is 0.392 e. The van der Waals surface area contributed by atoms with Crippen LogP contribution in [-0.2, 0) is 11.4 Å². The second kappa shape index (κ2) is 6.07. The number of nitrogens with zero attached hydrogens (tertiary/aromatic N) is 1. The summed E-state index contributed by atoms with van der Waals surface area (Å²) in [4.78, 5) is 14.8. The van der Waals surface area contributed by atoms with E-state index in [9.17, 15) is 4.79 Å². The third-order valence-corrected chi connectivity index (χ3v) is 3.92. The Labute approximate surface area is 106 Å². The number of aliphatic hydroxyl groups excluding tert-OH is 1. The van der Waals surface area contributed by atoms with Crippen molar-refractivity contribution in [2.75, 3.05) is 18.8 Å². The lowest BCUT2D eigenvalue weighted by atomic mass is 10.2. The fraction of sp³-hybridized carbons (Fsp3) is 0.462. The summed E-state index contributed by atoms with van der Waals surface area (Å²) in [5, 5.41) is 8.92. The normalized spacial score (nSPS) is 15.2. The molecule has 17 heavy (non-hydrogen) atoms. The van der Waals surface area contributed by atoms with Gasteiger partial charge in [-0.25, -0.2) is 0 Å². The van der Waals surface area contributed by atoms with Gasteiger partial charge in [0.15, 0.2) is 0 Å². The van der Waals surface area contributed by atoms with Gasteiger partial charge in [0, 0.05) is 18.0 Å². The van der Waals surface area contributed by atoms with Crippen LogP contribution in [0.15, 0.2) is 29.2 Å². The highest BCUT2D eigenvalue weighted by atomic mass is 32.2. The number of likely N-dealkylation sites (tertiary alicyclic amines) is 1. The molecule has 92 valence electrons. The highest BCUT2D eigenvalue weighted by molar-refractivity contribution is 8.00. The monoisotopic (exact) mass is 251 g/mol. The van der Waals surface area contributed by atoms with Crippen LogP contribution in [0.3, 0.4) is 0 Å². The number of hydrogen-bond acceptors (Lipinski definition) is 3.